The molecule has 2 atom stereocenters. The van der Waals surface area contributed by atoms with Crippen LogP contribution in [0.5, 0.6) is 0 Å². The Morgan fingerprint density at radius 3 is 2.76 bits per heavy atom. The molecule has 0 spiro atoms. The number of aromatic nitrogens is 2. The Hall–Kier alpha value is -1.89. The van der Waals surface area contributed by atoms with Gasteiger partial charge in [0.15, 0.2) is 0 Å². The Morgan fingerprint density at radius 1 is 1.48 bits per heavy atom. The summed E-state index contributed by atoms with van der Waals surface area (Å²) in [4.78, 5) is 26.4. The van der Waals surface area contributed by atoms with E-state index in [9.17, 15) is 14.7 Å². The summed E-state index contributed by atoms with van der Waals surface area (Å²) >= 11 is 0. The van der Waals surface area contributed by atoms with E-state index in [0.717, 1.165) is 25.0 Å². The fraction of sp³-hybridized carbons (Fsp3) is 0.722. The van der Waals surface area contributed by atoms with Crippen molar-refractivity contribution in [2.75, 3.05) is 26.8 Å². The van der Waals surface area contributed by atoms with Crippen molar-refractivity contribution in [3.63, 3.8) is 0 Å². The van der Waals surface area contributed by atoms with Gasteiger partial charge in [-0.3, -0.25) is 14.3 Å². The van der Waals surface area contributed by atoms with Crippen LogP contribution in [-0.2, 0) is 9.53 Å². The molecule has 2 fully saturated rings. The molecule has 0 bridgehead atoms. The Morgan fingerprint density at radius 2 is 2.20 bits per heavy atom. The average molecular weight is 349 g/mol. The van der Waals surface area contributed by atoms with Crippen molar-refractivity contribution >= 4 is 11.9 Å². The normalized spacial score (nSPS) is 24.5. The van der Waals surface area contributed by atoms with Crippen LogP contribution >= 0.6 is 0 Å². The van der Waals surface area contributed by atoms with E-state index >= 15 is 0 Å². The molecule has 1 aliphatic heterocycles. The summed E-state index contributed by atoms with van der Waals surface area (Å²) in [5, 5.41) is 14.1. The molecule has 0 radical (unpaired) electrons. The topological polar surface area (TPSA) is 84.7 Å². The van der Waals surface area contributed by atoms with E-state index in [4.69, 9.17) is 4.74 Å². The zero-order valence-electron chi connectivity index (χ0n) is 15.2. The minimum atomic E-state index is -1.00. The molecule has 7 heteroatoms. The number of rotatable bonds is 7. The lowest BCUT2D eigenvalue weighted by molar-refractivity contribution is -0.151. The Kier molecular flexibility index (Phi) is 4.86. The highest BCUT2D eigenvalue weighted by molar-refractivity contribution is 5.96. The highest BCUT2D eigenvalue weighted by atomic mass is 16.5. The fourth-order valence-corrected chi connectivity index (χ4v) is 3.67. The minimum Gasteiger partial charge on any atom is -0.481 e. The summed E-state index contributed by atoms with van der Waals surface area (Å²) in [5.74, 6) is -0.598. The summed E-state index contributed by atoms with van der Waals surface area (Å²) in [5.41, 5.74) is 0.664. The maximum atomic E-state index is 13.1. The van der Waals surface area contributed by atoms with Gasteiger partial charge in [-0.2, -0.15) is 5.10 Å². The number of nitrogens with zero attached hydrogens (tertiary/aromatic N) is 3. The van der Waals surface area contributed by atoms with Gasteiger partial charge in [0.1, 0.15) is 5.41 Å². The molecule has 138 valence electrons. The second-order valence-corrected chi connectivity index (χ2v) is 7.41. The molecule has 1 amide bonds. The van der Waals surface area contributed by atoms with Gasteiger partial charge in [-0.1, -0.05) is 6.92 Å². The number of likely N-dealkylation sites (tertiary alicyclic amines) is 1. The lowest BCUT2D eigenvalue weighted by atomic mass is 9.88. The Bertz CT molecular complexity index is 667. The summed E-state index contributed by atoms with van der Waals surface area (Å²) in [6.07, 6.45) is 5.21. The van der Waals surface area contributed by atoms with Gasteiger partial charge in [-0.15, -0.1) is 0 Å². The van der Waals surface area contributed by atoms with E-state index in [1.54, 1.807) is 11.1 Å². The summed E-state index contributed by atoms with van der Waals surface area (Å²) in [6, 6.07) is 0.252. The number of methoxy groups -OCH3 is 1. The molecular weight excluding hydrogens is 322 g/mol. The van der Waals surface area contributed by atoms with Crippen molar-refractivity contribution in [3.05, 3.63) is 17.5 Å². The zero-order chi connectivity index (χ0) is 18.2. The molecule has 1 aliphatic carbocycles. The number of aliphatic carboxylic acids is 1. The summed E-state index contributed by atoms with van der Waals surface area (Å²) < 4.78 is 7.10. The van der Waals surface area contributed by atoms with Crippen molar-refractivity contribution in [2.24, 2.45) is 5.41 Å². The average Bonchev–Trinajstić information content (AvgIpc) is 3.18. The number of carbonyl (C=O) groups excluding carboxylic acids is 1. The third-order valence-electron chi connectivity index (χ3n) is 5.55. The van der Waals surface area contributed by atoms with E-state index in [-0.39, 0.29) is 25.1 Å². The molecule has 1 aromatic rings. The third kappa shape index (κ3) is 3.17. The van der Waals surface area contributed by atoms with Crippen molar-refractivity contribution in [1.82, 2.24) is 14.7 Å². The molecule has 0 aromatic carbocycles. The molecule has 3 rings (SSSR count). The van der Waals surface area contributed by atoms with Gasteiger partial charge >= 0.3 is 5.97 Å². The first-order chi connectivity index (χ1) is 11.9. The molecule has 25 heavy (non-hydrogen) atoms. The number of carbonyl (C=O) groups is 2. The first kappa shape index (κ1) is 17.9. The van der Waals surface area contributed by atoms with Gasteiger partial charge in [-0.25, -0.2) is 0 Å². The van der Waals surface area contributed by atoms with E-state index < -0.39 is 11.4 Å². The van der Waals surface area contributed by atoms with Crippen molar-refractivity contribution in [1.29, 1.82) is 0 Å². The number of amides is 1. The molecular formula is C18H27N3O4. The smallest absolute Gasteiger partial charge is 0.313 e. The maximum Gasteiger partial charge on any atom is 0.313 e. The first-order valence-electron chi connectivity index (χ1n) is 9.02. The van der Waals surface area contributed by atoms with Gasteiger partial charge < -0.3 is 14.7 Å². The Balaban J connectivity index is 1.85. The number of carboxylic acids is 1. The predicted octanol–water partition coefficient (Wildman–Crippen LogP) is 2.29. The van der Waals surface area contributed by atoms with E-state index in [1.165, 1.54) is 7.11 Å². The summed E-state index contributed by atoms with van der Waals surface area (Å²) in [7, 11) is 1.50. The lowest BCUT2D eigenvalue weighted by Crippen LogP contribution is -2.40. The number of carboxylic acid groups (broad SMARTS) is 1. The summed E-state index contributed by atoms with van der Waals surface area (Å²) in [6.45, 7) is 4.96. The second kappa shape index (κ2) is 6.78. The van der Waals surface area contributed by atoms with Crippen LogP contribution in [0, 0.1) is 5.41 Å². The van der Waals surface area contributed by atoms with Crippen molar-refractivity contribution in [3.8, 4) is 0 Å². The van der Waals surface area contributed by atoms with Gasteiger partial charge in [0.05, 0.1) is 24.1 Å². The van der Waals surface area contributed by atoms with Gasteiger partial charge in [-0.05, 0) is 32.6 Å². The van der Waals surface area contributed by atoms with Gasteiger partial charge in [0, 0.05) is 32.2 Å². The van der Waals surface area contributed by atoms with E-state index in [2.05, 4.69) is 18.9 Å². The quantitative estimate of drug-likeness (QED) is 0.816. The van der Waals surface area contributed by atoms with Crippen LogP contribution in [0.1, 0.15) is 67.5 Å². The monoisotopic (exact) mass is 349 g/mol. The second-order valence-electron chi connectivity index (χ2n) is 7.41. The number of hydrogen-bond acceptors (Lipinski definition) is 4. The van der Waals surface area contributed by atoms with Crippen LogP contribution in [0.2, 0.25) is 0 Å². The van der Waals surface area contributed by atoms with Crippen LogP contribution in [0.15, 0.2) is 6.20 Å². The highest BCUT2D eigenvalue weighted by Gasteiger charge is 2.47. The molecule has 1 N–H and O–H groups in total. The van der Waals surface area contributed by atoms with Crippen molar-refractivity contribution < 1.29 is 19.4 Å². The SMILES string of the molecule is CCC(C)n1ncc(C(=O)N2CCC(COC)(C(=O)O)C2)c1C1CC1. The number of hydrogen-bond donors (Lipinski definition) is 1. The molecule has 7 nitrogen and oxygen atoms in total. The highest BCUT2D eigenvalue weighted by Crippen LogP contribution is 2.43. The molecule has 2 aliphatic rings. The minimum absolute atomic E-state index is 0.101. The van der Waals surface area contributed by atoms with E-state index in [0.29, 0.717) is 24.4 Å². The van der Waals surface area contributed by atoms with Crippen molar-refractivity contribution in [2.45, 2.75) is 51.5 Å². The number of ether oxygens (including phenoxy) is 1. The van der Waals surface area contributed by atoms with Crippen LogP contribution in [-0.4, -0.2) is 58.5 Å². The largest absolute Gasteiger partial charge is 0.481 e. The molecule has 1 saturated carbocycles. The molecule has 2 heterocycles. The third-order valence-corrected chi connectivity index (χ3v) is 5.55. The maximum absolute atomic E-state index is 13.1. The van der Waals surface area contributed by atoms with Gasteiger partial charge in [0.2, 0.25) is 0 Å². The molecule has 2 unspecified atom stereocenters. The van der Waals surface area contributed by atoms with Crippen LogP contribution in [0.25, 0.3) is 0 Å². The standard InChI is InChI=1S/C18H27N3O4/c1-4-12(2)21-15(13-5-6-13)14(9-19-21)16(22)20-8-7-18(10-20,11-25-3)17(23)24/h9,12-13H,4-8,10-11H2,1-3H3,(H,23,24). The van der Waals surface area contributed by atoms with Crippen LogP contribution in [0.3, 0.4) is 0 Å². The molecule has 1 saturated heterocycles. The van der Waals surface area contributed by atoms with Gasteiger partial charge in [0.25, 0.3) is 5.91 Å². The first-order valence-corrected chi connectivity index (χ1v) is 9.02. The predicted molar refractivity (Wildman–Crippen MR) is 91.7 cm³/mol. The van der Waals surface area contributed by atoms with E-state index in [1.807, 2.05) is 4.68 Å². The fourth-order valence-electron chi connectivity index (χ4n) is 3.67. The molecule has 1 aromatic heterocycles. The zero-order valence-corrected chi connectivity index (χ0v) is 15.2. The van der Waals surface area contributed by atoms with Crippen LogP contribution in [0.4, 0.5) is 0 Å². The Labute approximate surface area is 147 Å². The van der Waals surface area contributed by atoms with Crippen LogP contribution < -0.4 is 0 Å². The lowest BCUT2D eigenvalue weighted by Gasteiger charge is -2.24.